The predicted octanol–water partition coefficient (Wildman–Crippen LogP) is 2.74. The highest BCUT2D eigenvalue weighted by Gasteiger charge is 1.94. The van der Waals surface area contributed by atoms with Gasteiger partial charge in [0.05, 0.1) is 0 Å². The monoisotopic (exact) mass is 214 g/mol. The van der Waals surface area contributed by atoms with Crippen LogP contribution in [-0.4, -0.2) is 17.7 Å². The van der Waals surface area contributed by atoms with E-state index in [-0.39, 0.29) is 5.78 Å². The van der Waals surface area contributed by atoms with Crippen LogP contribution in [0.3, 0.4) is 0 Å². The van der Waals surface area contributed by atoms with Crippen molar-refractivity contribution in [3.63, 3.8) is 0 Å². The molecular weight excluding hydrogens is 200 g/mol. The molecule has 0 aliphatic rings. The van der Waals surface area contributed by atoms with Crippen molar-refractivity contribution in [1.82, 2.24) is 0 Å². The largest absolute Gasteiger partial charge is 0.293 e. The van der Waals surface area contributed by atoms with Gasteiger partial charge in [-0.15, -0.1) is 0 Å². The molecule has 1 aromatic carbocycles. The zero-order valence-corrected chi connectivity index (χ0v) is 9.42. The Hall–Kier alpha value is -2.03. The van der Waals surface area contributed by atoms with Crippen LogP contribution in [0.25, 0.3) is 6.08 Å². The summed E-state index contributed by atoms with van der Waals surface area (Å²) in [5.41, 5.74) is 1.51. The molecule has 0 radical (unpaired) electrons. The standard InChI is InChI=1S/C13H14N2O/c1-11(12(2)16)15-14-10-6-9-13-7-4-3-5-8-13/h3-10H,1-2H3/b9-6+,14-10+,15-11+. The van der Waals surface area contributed by atoms with E-state index < -0.39 is 0 Å². The van der Waals surface area contributed by atoms with Crippen molar-refractivity contribution >= 4 is 23.8 Å². The molecule has 0 aromatic heterocycles. The third-order valence-corrected chi connectivity index (χ3v) is 1.96. The van der Waals surface area contributed by atoms with Gasteiger partial charge in [-0.3, -0.25) is 4.79 Å². The van der Waals surface area contributed by atoms with Gasteiger partial charge in [-0.2, -0.15) is 10.2 Å². The molecule has 1 rings (SSSR count). The number of nitrogens with zero attached hydrogens (tertiary/aromatic N) is 2. The molecule has 16 heavy (non-hydrogen) atoms. The van der Waals surface area contributed by atoms with E-state index in [0.29, 0.717) is 5.71 Å². The van der Waals surface area contributed by atoms with E-state index in [9.17, 15) is 4.79 Å². The van der Waals surface area contributed by atoms with Gasteiger partial charge < -0.3 is 0 Å². The number of benzene rings is 1. The molecule has 0 spiro atoms. The Morgan fingerprint density at radius 2 is 1.88 bits per heavy atom. The topological polar surface area (TPSA) is 41.8 Å². The number of ketones is 1. The van der Waals surface area contributed by atoms with E-state index in [1.807, 2.05) is 36.4 Å². The summed E-state index contributed by atoms with van der Waals surface area (Å²) in [7, 11) is 0. The molecule has 82 valence electrons. The first-order valence-corrected chi connectivity index (χ1v) is 5.00. The van der Waals surface area contributed by atoms with Crippen molar-refractivity contribution < 1.29 is 4.79 Å². The molecule has 1 aromatic rings. The maximum absolute atomic E-state index is 10.8. The Morgan fingerprint density at radius 1 is 1.19 bits per heavy atom. The molecule has 3 heteroatoms. The maximum Gasteiger partial charge on any atom is 0.175 e. The number of Topliss-reactive ketones (excluding diaryl/α,β-unsaturated/α-hetero) is 1. The fourth-order valence-electron chi connectivity index (χ4n) is 0.947. The summed E-state index contributed by atoms with van der Waals surface area (Å²) in [6.45, 7) is 3.11. The summed E-state index contributed by atoms with van der Waals surface area (Å²) in [6.07, 6.45) is 5.26. The normalized spacial score (nSPS) is 12.5. The SMILES string of the molecule is CC(=O)/C(C)=N/N=C/C=C/c1ccccc1. The zero-order chi connectivity index (χ0) is 11.8. The minimum absolute atomic E-state index is 0.0656. The van der Waals surface area contributed by atoms with Crippen molar-refractivity contribution in [1.29, 1.82) is 0 Å². The van der Waals surface area contributed by atoms with Crippen LogP contribution in [0.5, 0.6) is 0 Å². The Labute approximate surface area is 95.2 Å². The number of rotatable bonds is 4. The lowest BCUT2D eigenvalue weighted by Crippen LogP contribution is -2.02. The quantitative estimate of drug-likeness (QED) is 0.561. The molecule has 0 atom stereocenters. The van der Waals surface area contributed by atoms with Gasteiger partial charge in [0.1, 0.15) is 5.71 Å². The average Bonchev–Trinajstić information content (AvgIpc) is 2.29. The van der Waals surface area contributed by atoms with E-state index in [4.69, 9.17) is 0 Å². The van der Waals surface area contributed by atoms with Crippen LogP contribution in [0.1, 0.15) is 19.4 Å². The number of carbonyl (C=O) groups excluding carboxylic acids is 1. The second-order valence-corrected chi connectivity index (χ2v) is 3.28. The van der Waals surface area contributed by atoms with Crippen LogP contribution in [-0.2, 0) is 4.79 Å². The van der Waals surface area contributed by atoms with Crippen molar-refractivity contribution in [3.05, 3.63) is 42.0 Å². The highest BCUT2D eigenvalue weighted by Crippen LogP contribution is 1.99. The molecule has 0 bridgehead atoms. The highest BCUT2D eigenvalue weighted by atomic mass is 16.1. The van der Waals surface area contributed by atoms with Crippen LogP contribution < -0.4 is 0 Å². The minimum atomic E-state index is -0.0656. The fraction of sp³-hybridized carbons (Fsp3) is 0.154. The molecule has 0 aliphatic carbocycles. The summed E-state index contributed by atoms with van der Waals surface area (Å²) in [6, 6.07) is 9.89. The van der Waals surface area contributed by atoms with Gasteiger partial charge in [-0.05, 0) is 18.6 Å². The molecule has 0 aliphatic heterocycles. The zero-order valence-electron chi connectivity index (χ0n) is 9.42. The Balaban J connectivity index is 2.52. The number of hydrogen-bond acceptors (Lipinski definition) is 3. The molecule has 0 amide bonds. The number of carbonyl (C=O) groups is 1. The summed E-state index contributed by atoms with van der Waals surface area (Å²) in [5.74, 6) is -0.0656. The molecule has 0 fully saturated rings. The fourth-order valence-corrected chi connectivity index (χ4v) is 0.947. The van der Waals surface area contributed by atoms with E-state index in [1.165, 1.54) is 6.92 Å². The highest BCUT2D eigenvalue weighted by molar-refractivity contribution is 6.37. The third kappa shape index (κ3) is 4.46. The lowest BCUT2D eigenvalue weighted by Gasteiger charge is -1.88. The van der Waals surface area contributed by atoms with Gasteiger partial charge in [-0.1, -0.05) is 36.4 Å². The van der Waals surface area contributed by atoms with Gasteiger partial charge in [0.25, 0.3) is 0 Å². The van der Waals surface area contributed by atoms with E-state index in [2.05, 4.69) is 10.2 Å². The second kappa shape index (κ2) is 6.45. The lowest BCUT2D eigenvalue weighted by molar-refractivity contribution is -0.111. The average molecular weight is 214 g/mol. The minimum Gasteiger partial charge on any atom is -0.293 e. The number of allylic oxidation sites excluding steroid dienone is 1. The van der Waals surface area contributed by atoms with Crippen LogP contribution in [0.4, 0.5) is 0 Å². The smallest absolute Gasteiger partial charge is 0.175 e. The molecule has 0 saturated carbocycles. The Morgan fingerprint density at radius 3 is 2.50 bits per heavy atom. The maximum atomic E-state index is 10.8. The van der Waals surface area contributed by atoms with E-state index in [1.54, 1.807) is 19.2 Å². The van der Waals surface area contributed by atoms with Gasteiger partial charge in [0.15, 0.2) is 5.78 Å². The van der Waals surface area contributed by atoms with Crippen molar-refractivity contribution in [2.75, 3.05) is 0 Å². The van der Waals surface area contributed by atoms with Gasteiger partial charge in [0, 0.05) is 13.1 Å². The van der Waals surface area contributed by atoms with Crippen molar-refractivity contribution in [3.8, 4) is 0 Å². The predicted molar refractivity (Wildman–Crippen MR) is 67.8 cm³/mol. The van der Waals surface area contributed by atoms with Crippen molar-refractivity contribution in [2.45, 2.75) is 13.8 Å². The van der Waals surface area contributed by atoms with Gasteiger partial charge in [0.2, 0.25) is 0 Å². The summed E-state index contributed by atoms with van der Waals surface area (Å²) >= 11 is 0. The van der Waals surface area contributed by atoms with Gasteiger partial charge >= 0.3 is 0 Å². The first kappa shape index (κ1) is 12.0. The van der Waals surface area contributed by atoms with Crippen LogP contribution in [0.2, 0.25) is 0 Å². The molecule has 0 heterocycles. The van der Waals surface area contributed by atoms with Crippen LogP contribution >= 0.6 is 0 Å². The van der Waals surface area contributed by atoms with E-state index >= 15 is 0 Å². The summed E-state index contributed by atoms with van der Waals surface area (Å²) < 4.78 is 0. The second-order valence-electron chi connectivity index (χ2n) is 3.28. The Kier molecular flexibility index (Phi) is 4.86. The first-order chi connectivity index (χ1) is 7.70. The summed E-state index contributed by atoms with van der Waals surface area (Å²) in [4.78, 5) is 10.8. The molecule has 0 saturated heterocycles. The number of hydrogen-bond donors (Lipinski definition) is 0. The van der Waals surface area contributed by atoms with E-state index in [0.717, 1.165) is 5.56 Å². The lowest BCUT2D eigenvalue weighted by atomic mass is 10.2. The van der Waals surface area contributed by atoms with Crippen LogP contribution in [0.15, 0.2) is 46.6 Å². The summed E-state index contributed by atoms with van der Waals surface area (Å²) in [5, 5.41) is 7.50. The van der Waals surface area contributed by atoms with Gasteiger partial charge in [-0.25, -0.2) is 0 Å². The van der Waals surface area contributed by atoms with Crippen LogP contribution in [0, 0.1) is 0 Å². The van der Waals surface area contributed by atoms with Crippen molar-refractivity contribution in [2.24, 2.45) is 10.2 Å². The first-order valence-electron chi connectivity index (χ1n) is 5.00. The third-order valence-electron chi connectivity index (χ3n) is 1.96. The Bertz CT molecular complexity index is 431. The molecule has 3 nitrogen and oxygen atoms in total. The molecular formula is C13H14N2O. The molecule has 0 unspecified atom stereocenters. The molecule has 0 N–H and O–H groups in total.